The molecule has 2 unspecified atom stereocenters. The zero-order valence-electron chi connectivity index (χ0n) is 12.7. The molecule has 1 amide bonds. The molecule has 0 radical (unpaired) electrons. The van der Waals surface area contributed by atoms with E-state index in [0.29, 0.717) is 6.54 Å². The summed E-state index contributed by atoms with van der Waals surface area (Å²) in [5.74, 6) is -1.18. The molecular formula is C16H22N2O3. The predicted octanol–water partition coefficient (Wildman–Crippen LogP) is 1.96. The van der Waals surface area contributed by atoms with Crippen LogP contribution in [0.5, 0.6) is 0 Å². The number of carboxylic acid groups (broad SMARTS) is 1. The van der Waals surface area contributed by atoms with Crippen molar-refractivity contribution in [3.63, 3.8) is 0 Å². The maximum Gasteiger partial charge on any atom is 0.304 e. The fourth-order valence-electron chi connectivity index (χ4n) is 2.63. The molecule has 0 aromatic heterocycles. The minimum atomic E-state index is -0.857. The second kappa shape index (κ2) is 5.48. The standard InChI is InChI=1S/C16H22N2O3/c1-16(2,3)14(17)15(21)18-9-10(8-13(19)20)11-6-4-5-7-12(11)18/h4-7,10,14H,8-9,17H2,1-3H3,(H,19,20). The number of para-hydroxylation sites is 1. The number of carboxylic acids is 1. The van der Waals surface area contributed by atoms with Gasteiger partial charge in [0.15, 0.2) is 0 Å². The molecular weight excluding hydrogens is 268 g/mol. The SMILES string of the molecule is CC(C)(C)C(N)C(=O)N1CC(CC(=O)O)c2ccccc21. The molecule has 5 heteroatoms. The zero-order valence-corrected chi connectivity index (χ0v) is 12.7. The second-order valence-corrected chi connectivity index (χ2v) is 6.65. The van der Waals surface area contributed by atoms with Crippen LogP contribution in [0.15, 0.2) is 24.3 Å². The molecule has 1 aliphatic heterocycles. The van der Waals surface area contributed by atoms with Crippen LogP contribution in [0.25, 0.3) is 0 Å². The number of carbonyl (C=O) groups is 2. The number of benzene rings is 1. The summed E-state index contributed by atoms with van der Waals surface area (Å²) in [6, 6.07) is 6.84. The molecule has 0 spiro atoms. The Balaban J connectivity index is 2.31. The first-order valence-corrected chi connectivity index (χ1v) is 7.09. The van der Waals surface area contributed by atoms with Crippen molar-refractivity contribution >= 4 is 17.6 Å². The van der Waals surface area contributed by atoms with Crippen molar-refractivity contribution in [3.05, 3.63) is 29.8 Å². The van der Waals surface area contributed by atoms with Crippen molar-refractivity contribution in [2.24, 2.45) is 11.1 Å². The molecule has 0 bridgehead atoms. The van der Waals surface area contributed by atoms with Crippen molar-refractivity contribution in [2.45, 2.75) is 39.2 Å². The molecule has 1 aliphatic rings. The maximum absolute atomic E-state index is 12.6. The summed E-state index contributed by atoms with van der Waals surface area (Å²) < 4.78 is 0. The van der Waals surface area contributed by atoms with Gasteiger partial charge in [-0.1, -0.05) is 39.0 Å². The minimum absolute atomic E-state index is 0.0194. The summed E-state index contributed by atoms with van der Waals surface area (Å²) in [5, 5.41) is 9.03. The maximum atomic E-state index is 12.6. The molecule has 1 heterocycles. The smallest absolute Gasteiger partial charge is 0.304 e. The molecule has 114 valence electrons. The van der Waals surface area contributed by atoms with E-state index in [1.165, 1.54) is 0 Å². The van der Waals surface area contributed by atoms with Crippen LogP contribution < -0.4 is 10.6 Å². The summed E-state index contributed by atoms with van der Waals surface area (Å²) in [6.45, 7) is 6.15. The van der Waals surface area contributed by atoms with Crippen LogP contribution in [0.2, 0.25) is 0 Å². The van der Waals surface area contributed by atoms with E-state index in [2.05, 4.69) is 0 Å². The highest BCUT2D eigenvalue weighted by Crippen LogP contribution is 2.38. The van der Waals surface area contributed by atoms with Gasteiger partial charge in [-0.15, -0.1) is 0 Å². The van der Waals surface area contributed by atoms with Crippen LogP contribution in [0.3, 0.4) is 0 Å². The molecule has 1 aromatic rings. The largest absolute Gasteiger partial charge is 0.481 e. The first kappa shape index (κ1) is 15.5. The Morgan fingerprint density at radius 3 is 2.57 bits per heavy atom. The van der Waals surface area contributed by atoms with Gasteiger partial charge in [0.05, 0.1) is 12.5 Å². The molecule has 21 heavy (non-hydrogen) atoms. The number of anilines is 1. The molecule has 5 nitrogen and oxygen atoms in total. The van der Waals surface area contributed by atoms with Gasteiger partial charge in [-0.3, -0.25) is 9.59 Å². The first-order chi connectivity index (χ1) is 9.71. The summed E-state index contributed by atoms with van der Waals surface area (Å²) in [6.07, 6.45) is 0.0194. The molecule has 1 aromatic carbocycles. The average molecular weight is 290 g/mol. The third-order valence-corrected chi connectivity index (χ3v) is 3.96. The van der Waals surface area contributed by atoms with Crippen LogP contribution in [0.4, 0.5) is 5.69 Å². The molecule has 0 saturated carbocycles. The van der Waals surface area contributed by atoms with Crippen LogP contribution in [-0.4, -0.2) is 29.6 Å². The van der Waals surface area contributed by atoms with E-state index >= 15 is 0 Å². The van der Waals surface area contributed by atoms with Crippen molar-refractivity contribution in [2.75, 3.05) is 11.4 Å². The zero-order chi connectivity index (χ0) is 15.8. The number of amides is 1. The van der Waals surface area contributed by atoms with Crippen LogP contribution in [0.1, 0.15) is 38.7 Å². The lowest BCUT2D eigenvalue weighted by Crippen LogP contribution is -2.50. The fraction of sp³-hybridized carbons (Fsp3) is 0.500. The molecule has 2 atom stereocenters. The number of hydrogen-bond donors (Lipinski definition) is 2. The van der Waals surface area contributed by atoms with E-state index in [-0.39, 0.29) is 23.7 Å². The Kier molecular flexibility index (Phi) is 4.05. The molecule has 0 fully saturated rings. The lowest BCUT2D eigenvalue weighted by molar-refractivity contribution is -0.137. The number of fused-ring (bicyclic) bond motifs is 1. The molecule has 0 aliphatic carbocycles. The predicted molar refractivity (Wildman–Crippen MR) is 81.2 cm³/mol. The Hall–Kier alpha value is -1.88. The van der Waals surface area contributed by atoms with Gasteiger partial charge in [-0.05, 0) is 17.0 Å². The van der Waals surface area contributed by atoms with Gasteiger partial charge in [-0.25, -0.2) is 0 Å². The second-order valence-electron chi connectivity index (χ2n) is 6.65. The van der Waals surface area contributed by atoms with E-state index in [1.54, 1.807) is 4.90 Å². The van der Waals surface area contributed by atoms with Crippen LogP contribution in [0, 0.1) is 5.41 Å². The number of hydrogen-bond acceptors (Lipinski definition) is 3. The van der Waals surface area contributed by atoms with Gasteiger partial charge in [0.1, 0.15) is 0 Å². The van der Waals surface area contributed by atoms with Crippen molar-refractivity contribution in [1.82, 2.24) is 0 Å². The van der Waals surface area contributed by atoms with Gasteiger partial charge >= 0.3 is 5.97 Å². The van der Waals surface area contributed by atoms with Gasteiger partial charge in [-0.2, -0.15) is 0 Å². The lowest BCUT2D eigenvalue weighted by atomic mass is 9.86. The highest BCUT2D eigenvalue weighted by atomic mass is 16.4. The number of nitrogens with two attached hydrogens (primary N) is 1. The topological polar surface area (TPSA) is 83.6 Å². The van der Waals surface area contributed by atoms with Crippen molar-refractivity contribution in [3.8, 4) is 0 Å². The van der Waals surface area contributed by atoms with Crippen LogP contribution in [-0.2, 0) is 9.59 Å². The quantitative estimate of drug-likeness (QED) is 0.891. The Morgan fingerprint density at radius 2 is 2.00 bits per heavy atom. The Labute approximate surface area is 124 Å². The number of aliphatic carboxylic acids is 1. The van der Waals surface area contributed by atoms with E-state index in [1.807, 2.05) is 45.0 Å². The minimum Gasteiger partial charge on any atom is -0.481 e. The van der Waals surface area contributed by atoms with Gasteiger partial charge in [0, 0.05) is 18.2 Å². The number of rotatable bonds is 3. The normalized spacial score (nSPS) is 19.2. The number of carbonyl (C=O) groups excluding carboxylic acids is 1. The number of nitrogens with zero attached hydrogens (tertiary/aromatic N) is 1. The third kappa shape index (κ3) is 3.08. The molecule has 2 rings (SSSR count). The summed E-state index contributed by atoms with van der Waals surface area (Å²) in [4.78, 5) is 25.3. The van der Waals surface area contributed by atoms with E-state index in [0.717, 1.165) is 11.3 Å². The summed E-state index contributed by atoms with van der Waals surface area (Å²) in [7, 11) is 0. The first-order valence-electron chi connectivity index (χ1n) is 7.09. The van der Waals surface area contributed by atoms with Crippen molar-refractivity contribution < 1.29 is 14.7 Å². The average Bonchev–Trinajstić information content (AvgIpc) is 2.74. The molecule has 0 saturated heterocycles. The summed E-state index contributed by atoms with van der Waals surface area (Å²) >= 11 is 0. The van der Waals surface area contributed by atoms with Gasteiger partial charge in [0.2, 0.25) is 5.91 Å². The Bertz CT molecular complexity index is 563. The van der Waals surface area contributed by atoms with E-state index < -0.39 is 12.0 Å². The summed E-state index contributed by atoms with van der Waals surface area (Å²) in [5.41, 5.74) is 7.43. The Morgan fingerprint density at radius 1 is 1.38 bits per heavy atom. The van der Waals surface area contributed by atoms with Crippen molar-refractivity contribution in [1.29, 1.82) is 0 Å². The highest BCUT2D eigenvalue weighted by Gasteiger charge is 2.38. The van der Waals surface area contributed by atoms with Crippen LogP contribution >= 0.6 is 0 Å². The lowest BCUT2D eigenvalue weighted by Gasteiger charge is -2.30. The van der Waals surface area contributed by atoms with Gasteiger partial charge in [0.25, 0.3) is 0 Å². The van der Waals surface area contributed by atoms with E-state index in [4.69, 9.17) is 10.8 Å². The fourth-order valence-corrected chi connectivity index (χ4v) is 2.63. The van der Waals surface area contributed by atoms with Gasteiger partial charge < -0.3 is 15.7 Å². The highest BCUT2D eigenvalue weighted by molar-refractivity contribution is 5.99. The van der Waals surface area contributed by atoms with E-state index in [9.17, 15) is 9.59 Å². The molecule has 3 N–H and O–H groups in total. The monoisotopic (exact) mass is 290 g/mol. The third-order valence-electron chi connectivity index (χ3n) is 3.96.